The molecule has 0 amide bonds. The highest BCUT2D eigenvalue weighted by atomic mass is 16.4. The van der Waals surface area contributed by atoms with Gasteiger partial charge in [0.15, 0.2) is 5.78 Å². The van der Waals surface area contributed by atoms with Crippen LogP contribution < -0.4 is 0 Å². The van der Waals surface area contributed by atoms with Crippen LogP contribution in [-0.2, 0) is 14.4 Å². The predicted molar refractivity (Wildman–Crippen MR) is 92.0 cm³/mol. The van der Waals surface area contributed by atoms with Crippen molar-refractivity contribution in [2.45, 2.75) is 26.2 Å². The van der Waals surface area contributed by atoms with Crippen molar-refractivity contribution in [1.82, 2.24) is 0 Å². The normalized spacial score (nSPS) is 28.4. The van der Waals surface area contributed by atoms with Crippen molar-refractivity contribution in [1.29, 1.82) is 0 Å². The van der Waals surface area contributed by atoms with Gasteiger partial charge in [0.25, 0.3) is 0 Å². The number of carboxylic acid groups (broad SMARTS) is 2. The fraction of sp³-hybridized carbons (Fsp3) is 0.368. The number of phenols is 1. The van der Waals surface area contributed by atoms with E-state index in [1.165, 1.54) is 12.1 Å². The number of carbonyl (C=O) groups is 3. The Labute approximate surface area is 149 Å². The number of ketones is 1. The van der Waals surface area contributed by atoms with Crippen molar-refractivity contribution < 1.29 is 29.7 Å². The molecule has 0 saturated carbocycles. The van der Waals surface area contributed by atoms with Crippen LogP contribution >= 0.6 is 0 Å². The Balaban J connectivity index is 2.23. The van der Waals surface area contributed by atoms with Gasteiger partial charge in [0.05, 0.1) is 0 Å². The summed E-state index contributed by atoms with van der Waals surface area (Å²) >= 11 is 0. The Morgan fingerprint density at radius 3 is 2.38 bits per heavy atom. The molecule has 0 saturated heterocycles. The smallest absolute Gasteiger partial charge is 0.314 e. The summed E-state index contributed by atoms with van der Waals surface area (Å²) < 4.78 is 0. The van der Waals surface area contributed by atoms with Crippen LogP contribution in [0.3, 0.4) is 0 Å². The number of Topliss-reactive ketones (excluding diaryl/α,β-unsaturated/α-hetero) is 1. The van der Waals surface area contributed by atoms with Gasteiger partial charge in [-0.25, -0.2) is 0 Å². The third-order valence-corrected chi connectivity index (χ3v) is 5.11. The van der Waals surface area contributed by atoms with Crippen LogP contribution in [0.4, 0.5) is 0 Å². The Morgan fingerprint density at radius 1 is 1.15 bits per heavy atom. The predicted octanol–water partition coefficient (Wildman–Crippen LogP) is 2.21. The molecule has 0 spiro atoms. The van der Waals surface area contributed by atoms with E-state index in [4.69, 9.17) is 0 Å². The van der Waals surface area contributed by atoms with E-state index in [-0.39, 0.29) is 17.7 Å². The highest BCUT2D eigenvalue weighted by Gasteiger charge is 2.48. The number of rotatable bonds is 3. The van der Waals surface area contributed by atoms with Crippen LogP contribution in [-0.4, -0.2) is 38.8 Å². The molecule has 4 atom stereocenters. The van der Waals surface area contributed by atoms with Crippen molar-refractivity contribution in [3.8, 4) is 5.75 Å². The molecule has 1 heterocycles. The van der Waals surface area contributed by atoms with Crippen molar-refractivity contribution in [3.63, 3.8) is 0 Å². The minimum Gasteiger partial charge on any atom is -0.508 e. The molecule has 0 fully saturated rings. The molecule has 1 aromatic rings. The van der Waals surface area contributed by atoms with Crippen LogP contribution in [0.1, 0.15) is 31.7 Å². The highest BCUT2D eigenvalue weighted by molar-refractivity contribution is 6.13. The Hall–Kier alpha value is -2.96. The fourth-order valence-corrected chi connectivity index (χ4v) is 3.98. The fourth-order valence-electron chi connectivity index (χ4n) is 3.98. The first-order valence-corrected chi connectivity index (χ1v) is 8.29. The number of allylic oxidation sites excluding steroid dienone is 2. The number of carboxylic acids is 2. The maximum absolute atomic E-state index is 13.0. The van der Waals surface area contributed by atoms with Gasteiger partial charge in [-0.2, -0.15) is 0 Å². The van der Waals surface area contributed by atoms with Gasteiger partial charge in [0.1, 0.15) is 17.6 Å². The van der Waals surface area contributed by atoms with Crippen LogP contribution in [0.2, 0.25) is 0 Å². The highest BCUT2D eigenvalue weighted by Crippen LogP contribution is 2.46. The summed E-state index contributed by atoms with van der Waals surface area (Å²) in [7, 11) is 0. The van der Waals surface area contributed by atoms with E-state index in [9.17, 15) is 29.7 Å². The zero-order valence-electron chi connectivity index (χ0n) is 14.3. The Morgan fingerprint density at radius 2 is 1.81 bits per heavy atom. The van der Waals surface area contributed by atoms with E-state index in [2.05, 4.69) is 4.99 Å². The van der Waals surface area contributed by atoms with Crippen molar-refractivity contribution in [2.24, 2.45) is 22.7 Å². The first-order valence-electron chi connectivity index (χ1n) is 8.29. The van der Waals surface area contributed by atoms with Gasteiger partial charge in [-0.05, 0) is 37.0 Å². The molecule has 0 radical (unpaired) electrons. The molecule has 0 bridgehead atoms. The number of aliphatic imine (C=N–C) groups is 1. The number of hydrogen-bond acceptors (Lipinski definition) is 5. The van der Waals surface area contributed by atoms with Gasteiger partial charge in [-0.3, -0.25) is 19.4 Å². The molecule has 3 N–H and O–H groups in total. The standard InChI is InChI=1S/C19H19NO6/c1-8-6-12-16(17(22)13(8)18(23)24)15(10-4-3-5-11(21)7-10)14(19(25)26)9(2)20-12/h3-5,7-8,13-15,21H,6H2,1-2H3,(H,23,24)(H,25,26). The zero-order valence-corrected chi connectivity index (χ0v) is 14.3. The number of hydrogen-bond donors (Lipinski definition) is 3. The molecule has 26 heavy (non-hydrogen) atoms. The summed E-state index contributed by atoms with van der Waals surface area (Å²) in [5, 5.41) is 29.0. The van der Waals surface area contributed by atoms with Gasteiger partial charge >= 0.3 is 11.9 Å². The summed E-state index contributed by atoms with van der Waals surface area (Å²) in [4.78, 5) is 40.8. The van der Waals surface area contributed by atoms with Crippen molar-refractivity contribution >= 4 is 23.4 Å². The first kappa shape index (κ1) is 17.8. The second kappa shape index (κ2) is 6.40. The van der Waals surface area contributed by atoms with E-state index < -0.39 is 41.4 Å². The lowest BCUT2D eigenvalue weighted by atomic mass is 9.67. The lowest BCUT2D eigenvalue weighted by molar-refractivity contribution is -0.147. The number of phenolic OH excluding ortho intramolecular Hbond substituents is 1. The molecule has 7 heteroatoms. The van der Waals surface area contributed by atoms with Crippen LogP contribution in [0.25, 0.3) is 0 Å². The quantitative estimate of drug-likeness (QED) is 0.713. The zero-order chi connectivity index (χ0) is 19.2. The number of aliphatic carboxylic acids is 2. The minimum absolute atomic E-state index is 0.0552. The third kappa shape index (κ3) is 2.79. The van der Waals surface area contributed by atoms with E-state index >= 15 is 0 Å². The second-order valence-electron chi connectivity index (χ2n) is 6.86. The molecule has 0 aromatic heterocycles. The minimum atomic E-state index is -1.23. The van der Waals surface area contributed by atoms with Crippen molar-refractivity contribution in [2.75, 3.05) is 0 Å². The molecule has 4 unspecified atom stereocenters. The molecular formula is C19H19NO6. The third-order valence-electron chi connectivity index (χ3n) is 5.11. The molecule has 3 rings (SSSR count). The second-order valence-corrected chi connectivity index (χ2v) is 6.86. The molecular weight excluding hydrogens is 338 g/mol. The van der Waals surface area contributed by atoms with Crippen LogP contribution in [0.5, 0.6) is 5.75 Å². The van der Waals surface area contributed by atoms with E-state index in [0.29, 0.717) is 17.0 Å². The van der Waals surface area contributed by atoms with Gasteiger partial charge in [0, 0.05) is 22.9 Å². The van der Waals surface area contributed by atoms with Gasteiger partial charge in [-0.1, -0.05) is 19.1 Å². The first-order chi connectivity index (χ1) is 12.2. The monoisotopic (exact) mass is 357 g/mol. The average Bonchev–Trinajstić information content (AvgIpc) is 2.52. The summed E-state index contributed by atoms with van der Waals surface area (Å²) in [6.45, 7) is 3.27. The lowest BCUT2D eigenvalue weighted by Crippen LogP contribution is -2.42. The molecule has 1 aromatic carbocycles. The summed E-state index contributed by atoms with van der Waals surface area (Å²) in [5.74, 6) is -6.65. The summed E-state index contributed by atoms with van der Waals surface area (Å²) in [6.07, 6.45) is 0.289. The molecule has 1 aliphatic carbocycles. The average molecular weight is 357 g/mol. The summed E-state index contributed by atoms with van der Waals surface area (Å²) in [6, 6.07) is 6.05. The number of aromatic hydroxyl groups is 1. The van der Waals surface area contributed by atoms with Crippen LogP contribution in [0.15, 0.2) is 40.5 Å². The van der Waals surface area contributed by atoms with Crippen LogP contribution in [0, 0.1) is 17.8 Å². The lowest BCUT2D eigenvalue weighted by Gasteiger charge is -2.37. The maximum atomic E-state index is 13.0. The number of benzene rings is 1. The number of nitrogens with zero attached hydrogens (tertiary/aromatic N) is 1. The van der Waals surface area contributed by atoms with E-state index in [1.807, 2.05) is 0 Å². The van der Waals surface area contributed by atoms with Gasteiger partial charge in [-0.15, -0.1) is 0 Å². The molecule has 1 aliphatic heterocycles. The van der Waals surface area contributed by atoms with E-state index in [1.54, 1.807) is 26.0 Å². The number of carbonyl (C=O) groups excluding carboxylic acids is 1. The topological polar surface area (TPSA) is 124 Å². The molecule has 2 aliphatic rings. The molecule has 136 valence electrons. The molecule has 7 nitrogen and oxygen atoms in total. The SMILES string of the molecule is CC1=NC2=C(C(=O)C(C(=O)O)C(C)C2)C(c2cccc(O)c2)C1C(=O)O. The van der Waals surface area contributed by atoms with Crippen molar-refractivity contribution in [3.05, 3.63) is 41.1 Å². The van der Waals surface area contributed by atoms with E-state index in [0.717, 1.165) is 0 Å². The van der Waals surface area contributed by atoms with Gasteiger partial charge in [0.2, 0.25) is 0 Å². The van der Waals surface area contributed by atoms with Gasteiger partial charge < -0.3 is 15.3 Å². The summed E-state index contributed by atoms with van der Waals surface area (Å²) in [5.41, 5.74) is 1.40. The maximum Gasteiger partial charge on any atom is 0.314 e. The Bertz CT molecular complexity index is 869. The largest absolute Gasteiger partial charge is 0.508 e. The Kier molecular flexibility index (Phi) is 4.39.